The smallest absolute Gasteiger partial charge is 0.291 e. The van der Waals surface area contributed by atoms with E-state index in [9.17, 15) is 4.79 Å². The molecule has 98 valence electrons. The van der Waals surface area contributed by atoms with Crippen LogP contribution in [-0.2, 0) is 0 Å². The van der Waals surface area contributed by atoms with Crippen molar-refractivity contribution in [3.63, 3.8) is 0 Å². The average Bonchev–Trinajstić information content (AvgIpc) is 3.03. The predicted molar refractivity (Wildman–Crippen MR) is 74.1 cm³/mol. The Kier molecular flexibility index (Phi) is 3.24. The minimum absolute atomic E-state index is 0.276. The summed E-state index contributed by atoms with van der Waals surface area (Å²) in [4.78, 5) is 19.9. The zero-order valence-electron chi connectivity index (χ0n) is 10.5. The molecule has 0 fully saturated rings. The molecular formula is C15H11N3O2. The van der Waals surface area contributed by atoms with Gasteiger partial charge in [0, 0.05) is 23.6 Å². The van der Waals surface area contributed by atoms with Gasteiger partial charge in [-0.25, -0.2) is 9.97 Å². The summed E-state index contributed by atoms with van der Waals surface area (Å²) < 4.78 is 5.05. The average molecular weight is 265 g/mol. The summed E-state index contributed by atoms with van der Waals surface area (Å²) >= 11 is 0. The number of nitrogens with one attached hydrogen (secondary N) is 1. The third-order valence-corrected chi connectivity index (χ3v) is 2.76. The van der Waals surface area contributed by atoms with Crippen LogP contribution in [-0.4, -0.2) is 15.9 Å². The number of benzene rings is 1. The van der Waals surface area contributed by atoms with Crippen molar-refractivity contribution >= 4 is 11.6 Å². The van der Waals surface area contributed by atoms with Crippen LogP contribution in [0.2, 0.25) is 0 Å². The Morgan fingerprint density at radius 1 is 1.05 bits per heavy atom. The second-order valence-electron chi connectivity index (χ2n) is 4.14. The number of carbonyl (C=O) groups excluding carboxylic acids is 1. The summed E-state index contributed by atoms with van der Waals surface area (Å²) in [5.74, 6) is -0.00471. The lowest BCUT2D eigenvalue weighted by molar-refractivity contribution is 0.0996. The Labute approximate surface area is 115 Å². The van der Waals surface area contributed by atoms with E-state index in [1.54, 1.807) is 24.5 Å². The number of anilines is 1. The van der Waals surface area contributed by atoms with Crippen LogP contribution in [0.25, 0.3) is 11.1 Å². The van der Waals surface area contributed by atoms with Gasteiger partial charge in [0.1, 0.15) is 6.33 Å². The summed E-state index contributed by atoms with van der Waals surface area (Å²) in [5, 5.41) is 2.78. The third kappa shape index (κ3) is 2.56. The summed E-state index contributed by atoms with van der Waals surface area (Å²) in [5.41, 5.74) is 2.51. The van der Waals surface area contributed by atoms with Crippen molar-refractivity contribution < 1.29 is 9.21 Å². The van der Waals surface area contributed by atoms with Crippen molar-refractivity contribution in [3.8, 4) is 11.1 Å². The standard InChI is InChI=1S/C15H11N3O2/c19-15(14-5-2-6-20-14)18-13-4-1-3-11(7-13)12-8-16-10-17-9-12/h1-10H,(H,18,19). The van der Waals surface area contributed by atoms with Gasteiger partial charge in [-0.3, -0.25) is 4.79 Å². The van der Waals surface area contributed by atoms with E-state index in [4.69, 9.17) is 4.42 Å². The van der Waals surface area contributed by atoms with Gasteiger partial charge in [-0.15, -0.1) is 0 Å². The summed E-state index contributed by atoms with van der Waals surface area (Å²) in [6, 6.07) is 10.8. The molecular weight excluding hydrogens is 254 g/mol. The number of hydrogen-bond donors (Lipinski definition) is 1. The molecule has 0 unspecified atom stereocenters. The van der Waals surface area contributed by atoms with Crippen LogP contribution in [0.3, 0.4) is 0 Å². The maximum atomic E-state index is 11.9. The molecule has 2 aromatic heterocycles. The van der Waals surface area contributed by atoms with E-state index in [2.05, 4.69) is 15.3 Å². The molecule has 0 aliphatic heterocycles. The highest BCUT2D eigenvalue weighted by molar-refractivity contribution is 6.02. The zero-order valence-corrected chi connectivity index (χ0v) is 10.5. The first kappa shape index (κ1) is 12.1. The Hall–Kier alpha value is -2.95. The SMILES string of the molecule is O=C(Nc1cccc(-c2cncnc2)c1)c1ccco1. The molecule has 0 saturated heterocycles. The fraction of sp³-hybridized carbons (Fsp3) is 0. The van der Waals surface area contributed by atoms with Crippen molar-refractivity contribution in [1.82, 2.24) is 9.97 Å². The van der Waals surface area contributed by atoms with Crippen molar-refractivity contribution in [2.45, 2.75) is 0 Å². The molecule has 0 saturated carbocycles. The topological polar surface area (TPSA) is 68.0 Å². The molecule has 20 heavy (non-hydrogen) atoms. The van der Waals surface area contributed by atoms with E-state index >= 15 is 0 Å². The number of carbonyl (C=O) groups is 1. The molecule has 2 heterocycles. The molecule has 3 aromatic rings. The van der Waals surface area contributed by atoms with Crippen molar-refractivity contribution in [2.75, 3.05) is 5.32 Å². The second kappa shape index (κ2) is 5.36. The maximum absolute atomic E-state index is 11.9. The fourth-order valence-corrected chi connectivity index (χ4v) is 1.83. The van der Waals surface area contributed by atoms with Gasteiger partial charge in [-0.05, 0) is 29.8 Å². The van der Waals surface area contributed by atoms with Crippen LogP contribution >= 0.6 is 0 Å². The second-order valence-corrected chi connectivity index (χ2v) is 4.14. The minimum Gasteiger partial charge on any atom is -0.459 e. The lowest BCUT2D eigenvalue weighted by Crippen LogP contribution is -2.10. The molecule has 5 heteroatoms. The third-order valence-electron chi connectivity index (χ3n) is 2.76. The molecule has 0 spiro atoms. The molecule has 5 nitrogen and oxygen atoms in total. The highest BCUT2D eigenvalue weighted by atomic mass is 16.3. The summed E-state index contributed by atoms with van der Waals surface area (Å²) in [6.07, 6.45) is 6.39. The van der Waals surface area contributed by atoms with E-state index in [1.807, 2.05) is 24.3 Å². The number of furan rings is 1. The molecule has 0 aliphatic rings. The first-order valence-electron chi connectivity index (χ1n) is 6.03. The number of hydrogen-bond acceptors (Lipinski definition) is 4. The van der Waals surface area contributed by atoms with Crippen LogP contribution in [0.1, 0.15) is 10.6 Å². The van der Waals surface area contributed by atoms with Gasteiger partial charge in [0.05, 0.1) is 6.26 Å². The highest BCUT2D eigenvalue weighted by Crippen LogP contribution is 2.21. The molecule has 1 N–H and O–H groups in total. The number of rotatable bonds is 3. The maximum Gasteiger partial charge on any atom is 0.291 e. The fourth-order valence-electron chi connectivity index (χ4n) is 1.83. The van der Waals surface area contributed by atoms with E-state index in [0.29, 0.717) is 5.69 Å². The molecule has 3 rings (SSSR count). The number of aromatic nitrogens is 2. The predicted octanol–water partition coefficient (Wildman–Crippen LogP) is 2.99. The van der Waals surface area contributed by atoms with Gasteiger partial charge in [-0.1, -0.05) is 12.1 Å². The van der Waals surface area contributed by atoms with E-state index in [-0.39, 0.29) is 11.7 Å². The molecule has 1 amide bonds. The van der Waals surface area contributed by atoms with Crippen molar-refractivity contribution in [3.05, 3.63) is 67.1 Å². The van der Waals surface area contributed by atoms with E-state index in [1.165, 1.54) is 12.6 Å². The van der Waals surface area contributed by atoms with Gasteiger partial charge in [0.2, 0.25) is 0 Å². The number of nitrogens with zero attached hydrogens (tertiary/aromatic N) is 2. The molecule has 0 bridgehead atoms. The van der Waals surface area contributed by atoms with Crippen molar-refractivity contribution in [2.24, 2.45) is 0 Å². The Morgan fingerprint density at radius 2 is 1.90 bits per heavy atom. The van der Waals surface area contributed by atoms with Gasteiger partial charge < -0.3 is 9.73 Å². The van der Waals surface area contributed by atoms with Gasteiger partial charge in [0.25, 0.3) is 5.91 Å². The Morgan fingerprint density at radius 3 is 2.65 bits per heavy atom. The van der Waals surface area contributed by atoms with Crippen LogP contribution in [0.15, 0.2) is 65.8 Å². The number of amides is 1. The normalized spacial score (nSPS) is 10.2. The van der Waals surface area contributed by atoms with Gasteiger partial charge >= 0.3 is 0 Å². The Bertz CT molecular complexity index is 709. The lowest BCUT2D eigenvalue weighted by atomic mass is 10.1. The molecule has 1 aromatic carbocycles. The van der Waals surface area contributed by atoms with E-state index in [0.717, 1.165) is 11.1 Å². The largest absolute Gasteiger partial charge is 0.459 e. The lowest BCUT2D eigenvalue weighted by Gasteiger charge is -2.06. The van der Waals surface area contributed by atoms with Gasteiger partial charge in [0.15, 0.2) is 5.76 Å². The highest BCUT2D eigenvalue weighted by Gasteiger charge is 2.09. The Balaban J connectivity index is 1.83. The molecule has 0 radical (unpaired) electrons. The molecule has 0 aliphatic carbocycles. The van der Waals surface area contributed by atoms with Crippen LogP contribution in [0.5, 0.6) is 0 Å². The first-order valence-corrected chi connectivity index (χ1v) is 6.03. The van der Waals surface area contributed by atoms with Gasteiger partial charge in [-0.2, -0.15) is 0 Å². The first-order chi connectivity index (χ1) is 9.83. The minimum atomic E-state index is -0.281. The molecule has 0 atom stereocenters. The quantitative estimate of drug-likeness (QED) is 0.790. The van der Waals surface area contributed by atoms with Crippen LogP contribution in [0.4, 0.5) is 5.69 Å². The summed E-state index contributed by atoms with van der Waals surface area (Å²) in [7, 11) is 0. The van der Waals surface area contributed by atoms with E-state index < -0.39 is 0 Å². The summed E-state index contributed by atoms with van der Waals surface area (Å²) in [6.45, 7) is 0. The monoisotopic (exact) mass is 265 g/mol. The zero-order chi connectivity index (χ0) is 13.8. The van der Waals surface area contributed by atoms with Crippen LogP contribution in [0, 0.1) is 0 Å². The van der Waals surface area contributed by atoms with Crippen LogP contribution < -0.4 is 5.32 Å². The van der Waals surface area contributed by atoms with Crippen molar-refractivity contribution in [1.29, 1.82) is 0 Å².